The summed E-state index contributed by atoms with van der Waals surface area (Å²) in [4.78, 5) is 31.2. The van der Waals surface area contributed by atoms with Crippen molar-refractivity contribution in [2.24, 2.45) is 11.7 Å². The van der Waals surface area contributed by atoms with Crippen LogP contribution in [0.5, 0.6) is 0 Å². The number of hydrogen-bond acceptors (Lipinski definition) is 4. The Labute approximate surface area is 150 Å². The molecule has 25 heavy (non-hydrogen) atoms. The SMILES string of the molecule is NC1(C2CCN(C(=O)C(=O)N3CCN(C4CCCC4)CC3)CC2)CC1. The van der Waals surface area contributed by atoms with E-state index in [0.29, 0.717) is 38.1 Å². The highest BCUT2D eigenvalue weighted by Gasteiger charge is 2.47. The van der Waals surface area contributed by atoms with Gasteiger partial charge in [0.05, 0.1) is 0 Å². The quantitative estimate of drug-likeness (QED) is 0.750. The third kappa shape index (κ3) is 3.56. The summed E-state index contributed by atoms with van der Waals surface area (Å²) in [6.07, 6.45) is 9.40. The third-order valence-corrected chi connectivity index (χ3v) is 7.05. The van der Waals surface area contributed by atoms with Gasteiger partial charge in [-0.2, -0.15) is 0 Å². The maximum Gasteiger partial charge on any atom is 0.312 e. The number of nitrogens with two attached hydrogens (primary N) is 1. The summed E-state index contributed by atoms with van der Waals surface area (Å²) in [6, 6.07) is 0.706. The Bertz CT molecular complexity index is 512. The van der Waals surface area contributed by atoms with Gasteiger partial charge in [0.1, 0.15) is 0 Å². The van der Waals surface area contributed by atoms with Crippen LogP contribution in [0.15, 0.2) is 0 Å². The number of piperidine rings is 1. The molecule has 0 bridgehead atoms. The minimum Gasteiger partial charge on any atom is -0.334 e. The number of likely N-dealkylation sites (tertiary alicyclic amines) is 1. The molecule has 0 unspecified atom stereocenters. The van der Waals surface area contributed by atoms with Crippen LogP contribution in [-0.4, -0.2) is 77.4 Å². The first-order valence-electron chi connectivity index (χ1n) is 10.2. The highest BCUT2D eigenvalue weighted by atomic mass is 16.2. The molecule has 4 aliphatic rings. The van der Waals surface area contributed by atoms with Crippen molar-refractivity contribution in [1.29, 1.82) is 0 Å². The van der Waals surface area contributed by atoms with Crippen LogP contribution >= 0.6 is 0 Å². The molecule has 0 atom stereocenters. The van der Waals surface area contributed by atoms with Gasteiger partial charge in [-0.25, -0.2) is 0 Å². The lowest BCUT2D eigenvalue weighted by molar-refractivity contribution is -0.153. The van der Waals surface area contributed by atoms with E-state index >= 15 is 0 Å². The van der Waals surface area contributed by atoms with Gasteiger partial charge in [0.2, 0.25) is 0 Å². The Hall–Kier alpha value is -1.14. The van der Waals surface area contributed by atoms with Crippen LogP contribution in [0.25, 0.3) is 0 Å². The summed E-state index contributed by atoms with van der Waals surface area (Å²) in [6.45, 7) is 4.61. The van der Waals surface area contributed by atoms with E-state index in [1.165, 1.54) is 25.7 Å². The Morgan fingerprint density at radius 1 is 0.760 bits per heavy atom. The van der Waals surface area contributed by atoms with E-state index < -0.39 is 0 Å². The summed E-state index contributed by atoms with van der Waals surface area (Å²) >= 11 is 0. The Morgan fingerprint density at radius 2 is 1.28 bits per heavy atom. The van der Waals surface area contributed by atoms with Crippen LogP contribution in [0.3, 0.4) is 0 Å². The monoisotopic (exact) mass is 348 g/mol. The summed E-state index contributed by atoms with van der Waals surface area (Å²) in [5.41, 5.74) is 6.34. The molecule has 0 spiro atoms. The second-order valence-electron chi connectivity index (χ2n) is 8.57. The maximum absolute atomic E-state index is 12.6. The summed E-state index contributed by atoms with van der Waals surface area (Å²) in [7, 11) is 0. The van der Waals surface area contributed by atoms with Crippen molar-refractivity contribution in [2.75, 3.05) is 39.3 Å². The van der Waals surface area contributed by atoms with Crippen molar-refractivity contribution in [3.63, 3.8) is 0 Å². The number of carbonyl (C=O) groups excluding carboxylic acids is 2. The lowest BCUT2D eigenvalue weighted by Crippen LogP contribution is -2.56. The zero-order valence-corrected chi connectivity index (χ0v) is 15.3. The fourth-order valence-corrected chi connectivity index (χ4v) is 5.04. The van der Waals surface area contributed by atoms with Crippen molar-refractivity contribution in [3.05, 3.63) is 0 Å². The van der Waals surface area contributed by atoms with Gasteiger partial charge < -0.3 is 15.5 Å². The van der Waals surface area contributed by atoms with Gasteiger partial charge in [-0.3, -0.25) is 14.5 Å². The molecular weight excluding hydrogens is 316 g/mol. The van der Waals surface area contributed by atoms with E-state index in [0.717, 1.165) is 38.8 Å². The Kier molecular flexibility index (Phi) is 4.75. The molecule has 2 aliphatic heterocycles. The van der Waals surface area contributed by atoms with Crippen LogP contribution in [0, 0.1) is 5.92 Å². The average Bonchev–Trinajstić information content (AvgIpc) is 3.18. The number of nitrogens with zero attached hydrogens (tertiary/aromatic N) is 3. The molecule has 6 nitrogen and oxygen atoms in total. The molecule has 140 valence electrons. The fourth-order valence-electron chi connectivity index (χ4n) is 5.04. The van der Waals surface area contributed by atoms with Crippen LogP contribution in [0.2, 0.25) is 0 Å². The standard InChI is InChI=1S/C19H32N4O2/c20-19(7-8-19)15-5-9-22(10-6-15)17(24)18(25)23-13-11-21(12-14-23)16-3-1-2-4-16/h15-16H,1-14,20H2. The minimum absolute atomic E-state index is 0.0374. The predicted octanol–water partition coefficient (Wildman–Crippen LogP) is 0.803. The summed E-state index contributed by atoms with van der Waals surface area (Å²) < 4.78 is 0. The lowest BCUT2D eigenvalue weighted by Gasteiger charge is -2.39. The zero-order chi connectivity index (χ0) is 17.4. The molecule has 2 saturated carbocycles. The van der Waals surface area contributed by atoms with Gasteiger partial charge in [0.25, 0.3) is 0 Å². The fraction of sp³-hybridized carbons (Fsp3) is 0.895. The van der Waals surface area contributed by atoms with E-state index in [2.05, 4.69) is 4.90 Å². The van der Waals surface area contributed by atoms with Gasteiger partial charge in [0, 0.05) is 50.8 Å². The van der Waals surface area contributed by atoms with E-state index in [1.807, 2.05) is 0 Å². The molecule has 4 rings (SSSR count). The molecule has 0 radical (unpaired) electrons. The molecule has 6 heteroatoms. The maximum atomic E-state index is 12.6. The Morgan fingerprint density at radius 3 is 1.80 bits per heavy atom. The van der Waals surface area contributed by atoms with Gasteiger partial charge in [0.15, 0.2) is 0 Å². The van der Waals surface area contributed by atoms with Gasteiger partial charge in [-0.1, -0.05) is 12.8 Å². The molecule has 4 fully saturated rings. The zero-order valence-electron chi connectivity index (χ0n) is 15.3. The first-order valence-corrected chi connectivity index (χ1v) is 10.2. The van der Waals surface area contributed by atoms with Crippen molar-refractivity contribution in [3.8, 4) is 0 Å². The predicted molar refractivity (Wildman–Crippen MR) is 95.9 cm³/mol. The summed E-state index contributed by atoms with van der Waals surface area (Å²) in [5, 5.41) is 0. The first kappa shape index (κ1) is 17.3. The smallest absolute Gasteiger partial charge is 0.312 e. The van der Waals surface area contributed by atoms with Crippen LogP contribution in [0.1, 0.15) is 51.4 Å². The number of carbonyl (C=O) groups is 2. The molecule has 0 aromatic rings. The van der Waals surface area contributed by atoms with Crippen molar-refractivity contribution >= 4 is 11.8 Å². The van der Waals surface area contributed by atoms with Crippen molar-refractivity contribution in [2.45, 2.75) is 62.9 Å². The molecule has 2 amide bonds. The van der Waals surface area contributed by atoms with E-state index in [-0.39, 0.29) is 17.4 Å². The topological polar surface area (TPSA) is 69.9 Å². The average molecular weight is 348 g/mol. The van der Waals surface area contributed by atoms with Crippen molar-refractivity contribution in [1.82, 2.24) is 14.7 Å². The summed E-state index contributed by atoms with van der Waals surface area (Å²) in [5.74, 6) is -0.0605. The van der Waals surface area contributed by atoms with E-state index in [1.54, 1.807) is 9.80 Å². The molecule has 0 aromatic heterocycles. The normalized spacial score (nSPS) is 28.4. The van der Waals surface area contributed by atoms with E-state index in [9.17, 15) is 9.59 Å². The first-order chi connectivity index (χ1) is 12.1. The van der Waals surface area contributed by atoms with Gasteiger partial charge >= 0.3 is 11.8 Å². The van der Waals surface area contributed by atoms with Crippen LogP contribution < -0.4 is 5.73 Å². The molecule has 2 aliphatic carbocycles. The molecule has 2 saturated heterocycles. The Balaban J connectivity index is 1.24. The molecule has 0 aromatic carbocycles. The molecule has 2 N–H and O–H groups in total. The largest absolute Gasteiger partial charge is 0.334 e. The number of amides is 2. The minimum atomic E-state index is -0.297. The molecular formula is C19H32N4O2. The van der Waals surface area contributed by atoms with Crippen molar-refractivity contribution < 1.29 is 9.59 Å². The van der Waals surface area contributed by atoms with Crippen LogP contribution in [-0.2, 0) is 9.59 Å². The lowest BCUT2D eigenvalue weighted by atomic mass is 9.88. The highest BCUT2D eigenvalue weighted by molar-refractivity contribution is 6.34. The highest BCUT2D eigenvalue weighted by Crippen LogP contribution is 2.44. The van der Waals surface area contributed by atoms with Crippen LogP contribution in [0.4, 0.5) is 0 Å². The van der Waals surface area contributed by atoms with Gasteiger partial charge in [-0.15, -0.1) is 0 Å². The number of piperazine rings is 1. The second kappa shape index (κ2) is 6.88. The number of rotatable bonds is 2. The third-order valence-electron chi connectivity index (χ3n) is 7.05. The second-order valence-corrected chi connectivity index (χ2v) is 8.57. The molecule has 2 heterocycles. The number of hydrogen-bond donors (Lipinski definition) is 1. The van der Waals surface area contributed by atoms with E-state index in [4.69, 9.17) is 5.73 Å². The van der Waals surface area contributed by atoms with Gasteiger partial charge in [-0.05, 0) is 44.4 Å².